The number of carbonyl (C=O) groups is 1. The molecule has 0 radical (unpaired) electrons. The summed E-state index contributed by atoms with van der Waals surface area (Å²) in [6.07, 6.45) is 0. The molecule has 0 fully saturated rings. The van der Waals surface area contributed by atoms with Gasteiger partial charge in [0.15, 0.2) is 0 Å². The number of ketones is 1. The topological polar surface area (TPSA) is 69.7 Å². The van der Waals surface area contributed by atoms with Crippen LogP contribution in [0.25, 0.3) is 0 Å². The molecule has 5 nitrogen and oxygen atoms in total. The van der Waals surface area contributed by atoms with Crippen molar-refractivity contribution >= 4 is 16.2 Å². The molecule has 0 aliphatic heterocycles. The molecule has 0 N–H and O–H groups in total. The molecule has 0 aliphatic rings. The molecule has 68 valence electrons. The van der Waals surface area contributed by atoms with Gasteiger partial charge in [0.2, 0.25) is 0 Å². The SMILES string of the molecule is CC(C)=O.COS(=O)(=O)OC. The van der Waals surface area contributed by atoms with Gasteiger partial charge in [-0.3, -0.25) is 8.37 Å². The zero-order valence-electron chi connectivity index (χ0n) is 6.95. The van der Waals surface area contributed by atoms with Gasteiger partial charge < -0.3 is 4.79 Å². The normalized spacial score (nSPS) is 9.82. The average molecular weight is 184 g/mol. The number of carbonyl (C=O) groups excluding carboxylic acids is 1. The van der Waals surface area contributed by atoms with Crippen LogP contribution in [0.3, 0.4) is 0 Å². The fourth-order valence-electron chi connectivity index (χ4n) is 0.0680. The van der Waals surface area contributed by atoms with E-state index in [9.17, 15) is 13.2 Å². The van der Waals surface area contributed by atoms with Gasteiger partial charge in [-0.15, -0.1) is 0 Å². The zero-order valence-corrected chi connectivity index (χ0v) is 7.77. The van der Waals surface area contributed by atoms with E-state index >= 15 is 0 Å². The Morgan fingerprint density at radius 2 is 1.27 bits per heavy atom. The van der Waals surface area contributed by atoms with Gasteiger partial charge in [-0.2, -0.15) is 8.42 Å². The van der Waals surface area contributed by atoms with E-state index in [-0.39, 0.29) is 5.78 Å². The standard InChI is InChI=1S/C3H6O.C2H6O4S/c1-3(2)4;1-5-7(3,4)6-2/h1-2H3;1-2H3. The quantitative estimate of drug-likeness (QED) is 0.609. The molecule has 0 aromatic heterocycles. The predicted octanol–water partition coefficient (Wildman–Crippen LogP) is 0.119. The first kappa shape index (κ1) is 13.2. The highest BCUT2D eigenvalue weighted by molar-refractivity contribution is 7.81. The minimum atomic E-state index is -3.66. The van der Waals surface area contributed by atoms with E-state index in [0.29, 0.717) is 0 Å². The number of hydrogen-bond acceptors (Lipinski definition) is 5. The van der Waals surface area contributed by atoms with Crippen molar-refractivity contribution in [2.75, 3.05) is 14.2 Å². The van der Waals surface area contributed by atoms with E-state index in [0.717, 1.165) is 14.2 Å². The van der Waals surface area contributed by atoms with Gasteiger partial charge in [-0.05, 0) is 13.8 Å². The first-order valence-electron chi connectivity index (χ1n) is 2.69. The van der Waals surface area contributed by atoms with Crippen LogP contribution in [0.1, 0.15) is 13.8 Å². The molecule has 6 heteroatoms. The third kappa shape index (κ3) is 17.7. The molecule has 0 aromatic rings. The first-order valence-corrected chi connectivity index (χ1v) is 4.02. The predicted molar refractivity (Wildman–Crippen MR) is 39.3 cm³/mol. The van der Waals surface area contributed by atoms with Crippen LogP contribution in [0.2, 0.25) is 0 Å². The summed E-state index contributed by atoms with van der Waals surface area (Å²) in [6.45, 7) is 3.06. The summed E-state index contributed by atoms with van der Waals surface area (Å²) in [5.74, 6) is 0.167. The van der Waals surface area contributed by atoms with Crippen LogP contribution in [0.4, 0.5) is 0 Å². The van der Waals surface area contributed by atoms with Gasteiger partial charge in [-0.1, -0.05) is 0 Å². The monoisotopic (exact) mass is 184 g/mol. The highest BCUT2D eigenvalue weighted by Gasteiger charge is 2.01. The number of rotatable bonds is 2. The summed E-state index contributed by atoms with van der Waals surface area (Å²) in [7, 11) is -1.60. The molecule has 0 saturated carbocycles. The van der Waals surface area contributed by atoms with E-state index in [1.54, 1.807) is 0 Å². The summed E-state index contributed by atoms with van der Waals surface area (Å²) in [5, 5.41) is 0. The summed E-state index contributed by atoms with van der Waals surface area (Å²) in [6, 6.07) is 0. The van der Waals surface area contributed by atoms with Gasteiger partial charge in [0.1, 0.15) is 5.78 Å². The molecule has 11 heavy (non-hydrogen) atoms. The van der Waals surface area contributed by atoms with E-state index in [4.69, 9.17) is 0 Å². The molecule has 0 atom stereocenters. The van der Waals surface area contributed by atoms with Gasteiger partial charge >= 0.3 is 10.4 Å². The highest BCUT2D eigenvalue weighted by atomic mass is 32.3. The minimum absolute atomic E-state index is 0.167. The van der Waals surface area contributed by atoms with Crippen molar-refractivity contribution in [3.8, 4) is 0 Å². The maximum atomic E-state index is 9.92. The maximum Gasteiger partial charge on any atom is 0.399 e. The van der Waals surface area contributed by atoms with E-state index < -0.39 is 10.4 Å². The first-order chi connectivity index (χ1) is 4.85. The second-order valence-electron chi connectivity index (χ2n) is 1.65. The molecule has 0 unspecified atom stereocenters. The van der Waals surface area contributed by atoms with Crippen LogP contribution >= 0.6 is 0 Å². The lowest BCUT2D eigenvalue weighted by Gasteiger charge is -1.91. The number of hydrogen-bond donors (Lipinski definition) is 0. The molecular formula is C5H12O5S. The molecule has 0 rings (SSSR count). The molecule has 0 heterocycles. The fourth-order valence-corrected chi connectivity index (χ4v) is 0.204. The molecule has 0 aromatic carbocycles. The zero-order chi connectivity index (χ0) is 9.49. The van der Waals surface area contributed by atoms with Crippen LogP contribution < -0.4 is 0 Å². The molecule has 0 bridgehead atoms. The lowest BCUT2D eigenvalue weighted by atomic mass is 10.6. The third-order valence-electron chi connectivity index (χ3n) is 0.408. The maximum absolute atomic E-state index is 9.92. The smallest absolute Gasteiger partial charge is 0.300 e. The summed E-state index contributed by atoms with van der Waals surface area (Å²) >= 11 is 0. The van der Waals surface area contributed by atoms with Crippen molar-refractivity contribution in [3.05, 3.63) is 0 Å². The Morgan fingerprint density at radius 1 is 1.09 bits per heavy atom. The Labute approximate surface area is 66.6 Å². The van der Waals surface area contributed by atoms with Crippen molar-refractivity contribution in [2.45, 2.75) is 13.8 Å². The Hall–Kier alpha value is -0.460. The molecule has 0 aliphatic carbocycles. The van der Waals surface area contributed by atoms with Crippen LogP contribution in [-0.4, -0.2) is 28.4 Å². The molecule has 0 amide bonds. The van der Waals surface area contributed by atoms with Crippen molar-refractivity contribution in [2.24, 2.45) is 0 Å². The summed E-state index contributed by atoms with van der Waals surface area (Å²) in [4.78, 5) is 9.44. The van der Waals surface area contributed by atoms with Gasteiger partial charge in [0, 0.05) is 0 Å². The minimum Gasteiger partial charge on any atom is -0.300 e. The highest BCUT2D eigenvalue weighted by Crippen LogP contribution is 1.85. The fraction of sp³-hybridized carbons (Fsp3) is 0.800. The lowest BCUT2D eigenvalue weighted by Crippen LogP contribution is -2.02. The van der Waals surface area contributed by atoms with Crippen LogP contribution in [0.15, 0.2) is 0 Å². The number of Topliss-reactive ketones (excluding diaryl/α,β-unsaturated/α-hetero) is 1. The summed E-state index contributed by atoms with van der Waals surface area (Å²) in [5.41, 5.74) is 0. The van der Waals surface area contributed by atoms with Crippen LogP contribution in [0.5, 0.6) is 0 Å². The van der Waals surface area contributed by atoms with E-state index in [2.05, 4.69) is 8.37 Å². The second kappa shape index (κ2) is 6.26. The third-order valence-corrected chi connectivity index (χ3v) is 1.22. The van der Waals surface area contributed by atoms with Gasteiger partial charge in [0.05, 0.1) is 14.2 Å². The van der Waals surface area contributed by atoms with Crippen molar-refractivity contribution < 1.29 is 21.6 Å². The molecule has 0 saturated heterocycles. The van der Waals surface area contributed by atoms with Gasteiger partial charge in [0.25, 0.3) is 0 Å². The van der Waals surface area contributed by atoms with E-state index in [1.807, 2.05) is 0 Å². The van der Waals surface area contributed by atoms with Crippen molar-refractivity contribution in [1.29, 1.82) is 0 Å². The average Bonchev–Trinajstić information content (AvgIpc) is 1.87. The van der Waals surface area contributed by atoms with Crippen molar-refractivity contribution in [3.63, 3.8) is 0 Å². The van der Waals surface area contributed by atoms with Crippen LogP contribution in [-0.2, 0) is 23.6 Å². The Kier molecular flexibility index (Phi) is 7.49. The van der Waals surface area contributed by atoms with Crippen LogP contribution in [0, 0.1) is 0 Å². The largest absolute Gasteiger partial charge is 0.399 e. The Balaban J connectivity index is 0. The Morgan fingerprint density at radius 3 is 1.27 bits per heavy atom. The van der Waals surface area contributed by atoms with Gasteiger partial charge in [-0.25, -0.2) is 0 Å². The Bertz CT molecular complexity index is 179. The molecule has 0 spiro atoms. The van der Waals surface area contributed by atoms with E-state index in [1.165, 1.54) is 13.8 Å². The molecular weight excluding hydrogens is 172 g/mol. The lowest BCUT2D eigenvalue weighted by molar-refractivity contribution is -0.114. The van der Waals surface area contributed by atoms with Crippen molar-refractivity contribution in [1.82, 2.24) is 0 Å². The second-order valence-corrected chi connectivity index (χ2v) is 3.13. The summed E-state index contributed by atoms with van der Waals surface area (Å²) < 4.78 is 27.5.